The number of methoxy groups -OCH3 is 1. The van der Waals surface area contributed by atoms with Crippen molar-refractivity contribution in [3.63, 3.8) is 0 Å². The summed E-state index contributed by atoms with van der Waals surface area (Å²) in [5, 5.41) is 8.94. The third-order valence-corrected chi connectivity index (χ3v) is 3.33. The SMILES string of the molecule is COCCN1C(=O)CC(CC(=O)O)c2ccccc21. The molecule has 0 aliphatic carbocycles. The summed E-state index contributed by atoms with van der Waals surface area (Å²) in [6.45, 7) is 0.954. The molecule has 0 saturated carbocycles. The van der Waals surface area contributed by atoms with E-state index in [-0.39, 0.29) is 24.7 Å². The second-order valence-electron chi connectivity index (χ2n) is 4.60. The number of carboxylic acid groups (broad SMARTS) is 1. The van der Waals surface area contributed by atoms with Gasteiger partial charge in [-0.05, 0) is 11.6 Å². The molecule has 1 amide bonds. The van der Waals surface area contributed by atoms with Gasteiger partial charge in [0.15, 0.2) is 0 Å². The molecule has 1 aromatic rings. The number of carboxylic acids is 1. The van der Waals surface area contributed by atoms with Crippen LogP contribution in [0.15, 0.2) is 24.3 Å². The van der Waals surface area contributed by atoms with Crippen molar-refractivity contribution < 1.29 is 19.4 Å². The lowest BCUT2D eigenvalue weighted by Crippen LogP contribution is -2.39. The third kappa shape index (κ3) is 2.93. The van der Waals surface area contributed by atoms with Gasteiger partial charge in [-0.15, -0.1) is 0 Å². The summed E-state index contributed by atoms with van der Waals surface area (Å²) >= 11 is 0. The summed E-state index contributed by atoms with van der Waals surface area (Å²) < 4.78 is 5.01. The van der Waals surface area contributed by atoms with Gasteiger partial charge in [0.2, 0.25) is 5.91 Å². The van der Waals surface area contributed by atoms with Gasteiger partial charge in [-0.1, -0.05) is 18.2 Å². The topological polar surface area (TPSA) is 66.8 Å². The summed E-state index contributed by atoms with van der Waals surface area (Å²) in [6.07, 6.45) is 0.230. The Morgan fingerprint density at radius 1 is 1.47 bits per heavy atom. The maximum Gasteiger partial charge on any atom is 0.303 e. The van der Waals surface area contributed by atoms with E-state index in [1.54, 1.807) is 12.0 Å². The second kappa shape index (κ2) is 5.84. The van der Waals surface area contributed by atoms with E-state index < -0.39 is 5.97 Å². The molecule has 0 spiro atoms. The number of benzene rings is 1. The molecule has 5 nitrogen and oxygen atoms in total. The summed E-state index contributed by atoms with van der Waals surface area (Å²) in [4.78, 5) is 24.7. The van der Waals surface area contributed by atoms with Gasteiger partial charge in [0, 0.05) is 31.7 Å². The van der Waals surface area contributed by atoms with Crippen molar-refractivity contribution in [3.05, 3.63) is 29.8 Å². The van der Waals surface area contributed by atoms with Crippen LogP contribution in [0.4, 0.5) is 5.69 Å². The number of fused-ring (bicyclic) bond motifs is 1. The summed E-state index contributed by atoms with van der Waals surface area (Å²) in [5.41, 5.74) is 1.74. The predicted octanol–water partition coefficient (Wildman–Crippen LogP) is 1.63. The maximum absolute atomic E-state index is 12.1. The average Bonchev–Trinajstić information content (AvgIpc) is 2.38. The Kier molecular flexibility index (Phi) is 4.16. The van der Waals surface area contributed by atoms with Crippen molar-refractivity contribution in [3.8, 4) is 0 Å². The molecule has 0 aromatic heterocycles. The first-order valence-electron chi connectivity index (χ1n) is 6.23. The first kappa shape index (κ1) is 13.5. The molecule has 102 valence electrons. The van der Waals surface area contributed by atoms with E-state index in [9.17, 15) is 9.59 Å². The van der Waals surface area contributed by atoms with E-state index >= 15 is 0 Å². The number of nitrogens with zero attached hydrogens (tertiary/aromatic N) is 1. The highest BCUT2D eigenvalue weighted by Crippen LogP contribution is 2.37. The summed E-state index contributed by atoms with van der Waals surface area (Å²) in [5.74, 6) is -1.15. The Hall–Kier alpha value is -1.88. The maximum atomic E-state index is 12.1. The van der Waals surface area contributed by atoms with Crippen molar-refractivity contribution in [1.82, 2.24) is 0 Å². The second-order valence-corrected chi connectivity index (χ2v) is 4.60. The number of ether oxygens (including phenoxy) is 1. The van der Waals surface area contributed by atoms with Crippen molar-refractivity contribution in [2.24, 2.45) is 0 Å². The zero-order valence-electron chi connectivity index (χ0n) is 10.8. The van der Waals surface area contributed by atoms with Crippen LogP contribution in [-0.2, 0) is 14.3 Å². The number of hydrogen-bond acceptors (Lipinski definition) is 3. The van der Waals surface area contributed by atoms with Crippen LogP contribution in [-0.4, -0.2) is 37.2 Å². The molecular weight excluding hydrogens is 246 g/mol. The van der Waals surface area contributed by atoms with Crippen LogP contribution in [0.1, 0.15) is 24.3 Å². The van der Waals surface area contributed by atoms with Gasteiger partial charge in [-0.3, -0.25) is 9.59 Å². The van der Waals surface area contributed by atoms with Gasteiger partial charge in [0.1, 0.15) is 0 Å². The van der Waals surface area contributed by atoms with E-state index in [0.29, 0.717) is 13.2 Å². The molecule has 0 bridgehead atoms. The Balaban J connectivity index is 2.31. The molecule has 1 aliphatic heterocycles. The quantitative estimate of drug-likeness (QED) is 0.876. The van der Waals surface area contributed by atoms with E-state index in [1.165, 1.54) is 0 Å². The molecule has 5 heteroatoms. The van der Waals surface area contributed by atoms with Crippen LogP contribution in [0, 0.1) is 0 Å². The number of para-hydroxylation sites is 1. The van der Waals surface area contributed by atoms with Crippen LogP contribution < -0.4 is 4.90 Å². The lowest BCUT2D eigenvalue weighted by molar-refractivity contribution is -0.137. The standard InChI is InChI=1S/C14H17NO4/c1-19-7-6-15-12-5-3-2-4-11(12)10(8-13(15)16)9-14(17)18/h2-5,10H,6-9H2,1H3,(H,17,18). The van der Waals surface area contributed by atoms with E-state index in [1.807, 2.05) is 24.3 Å². The molecule has 19 heavy (non-hydrogen) atoms. The molecule has 1 unspecified atom stereocenters. The minimum absolute atomic E-state index is 0.0130. The van der Waals surface area contributed by atoms with Crippen LogP contribution >= 0.6 is 0 Å². The number of aliphatic carboxylic acids is 1. The Labute approximate surface area is 111 Å². The van der Waals surface area contributed by atoms with Crippen molar-refractivity contribution in [2.75, 3.05) is 25.2 Å². The zero-order valence-corrected chi connectivity index (χ0v) is 10.8. The van der Waals surface area contributed by atoms with E-state index in [0.717, 1.165) is 11.3 Å². The van der Waals surface area contributed by atoms with Crippen LogP contribution in [0.25, 0.3) is 0 Å². The molecule has 0 radical (unpaired) electrons. The smallest absolute Gasteiger partial charge is 0.303 e. The average molecular weight is 263 g/mol. The third-order valence-electron chi connectivity index (χ3n) is 3.33. The Morgan fingerprint density at radius 3 is 2.89 bits per heavy atom. The lowest BCUT2D eigenvalue weighted by atomic mass is 9.87. The Morgan fingerprint density at radius 2 is 2.21 bits per heavy atom. The highest BCUT2D eigenvalue weighted by atomic mass is 16.5. The zero-order chi connectivity index (χ0) is 13.8. The summed E-state index contributed by atoms with van der Waals surface area (Å²) in [6, 6.07) is 7.49. The van der Waals surface area contributed by atoms with Gasteiger partial charge in [-0.25, -0.2) is 0 Å². The molecule has 1 heterocycles. The van der Waals surface area contributed by atoms with E-state index in [2.05, 4.69) is 0 Å². The van der Waals surface area contributed by atoms with Gasteiger partial charge in [0.05, 0.1) is 13.0 Å². The van der Waals surface area contributed by atoms with Crippen molar-refractivity contribution in [2.45, 2.75) is 18.8 Å². The molecule has 1 atom stereocenters. The van der Waals surface area contributed by atoms with Crippen LogP contribution in [0.2, 0.25) is 0 Å². The molecule has 1 N–H and O–H groups in total. The first-order chi connectivity index (χ1) is 9.13. The highest BCUT2D eigenvalue weighted by molar-refractivity contribution is 5.97. The number of rotatable bonds is 5. The van der Waals surface area contributed by atoms with Gasteiger partial charge in [0.25, 0.3) is 0 Å². The molecule has 0 saturated heterocycles. The van der Waals surface area contributed by atoms with Gasteiger partial charge >= 0.3 is 5.97 Å². The Bertz CT molecular complexity index is 486. The minimum atomic E-state index is -0.877. The predicted molar refractivity (Wildman–Crippen MR) is 70.3 cm³/mol. The molecule has 0 fully saturated rings. The molecule has 2 rings (SSSR count). The van der Waals surface area contributed by atoms with E-state index in [4.69, 9.17) is 9.84 Å². The number of carbonyl (C=O) groups is 2. The fourth-order valence-corrected chi connectivity index (χ4v) is 2.46. The summed E-state index contributed by atoms with van der Waals surface area (Å²) in [7, 11) is 1.59. The number of amides is 1. The van der Waals surface area contributed by atoms with Crippen molar-refractivity contribution >= 4 is 17.6 Å². The number of carbonyl (C=O) groups excluding carboxylic acids is 1. The minimum Gasteiger partial charge on any atom is -0.481 e. The van der Waals surface area contributed by atoms with Crippen LogP contribution in [0.3, 0.4) is 0 Å². The fourth-order valence-electron chi connectivity index (χ4n) is 2.46. The van der Waals surface area contributed by atoms with Gasteiger partial charge in [-0.2, -0.15) is 0 Å². The number of anilines is 1. The normalized spacial score (nSPS) is 18.3. The largest absolute Gasteiger partial charge is 0.481 e. The highest BCUT2D eigenvalue weighted by Gasteiger charge is 2.31. The molecule has 1 aromatic carbocycles. The monoisotopic (exact) mass is 263 g/mol. The number of hydrogen-bond donors (Lipinski definition) is 1. The lowest BCUT2D eigenvalue weighted by Gasteiger charge is -2.33. The van der Waals surface area contributed by atoms with Crippen molar-refractivity contribution in [1.29, 1.82) is 0 Å². The molecular formula is C14H17NO4. The fraction of sp³-hybridized carbons (Fsp3) is 0.429. The first-order valence-corrected chi connectivity index (χ1v) is 6.23. The van der Waals surface area contributed by atoms with Crippen LogP contribution in [0.5, 0.6) is 0 Å². The molecule has 1 aliphatic rings. The van der Waals surface area contributed by atoms with Gasteiger partial charge < -0.3 is 14.7 Å².